The van der Waals surface area contributed by atoms with E-state index in [9.17, 15) is 4.79 Å². The molecule has 0 aromatic carbocycles. The van der Waals surface area contributed by atoms with Gasteiger partial charge in [0.25, 0.3) is 0 Å². The SMILES string of the molecule is CCN1CCN(C(=O)C(C)Sc2ncnc3nc[nH]c23)CC1. The van der Waals surface area contributed by atoms with E-state index in [4.69, 9.17) is 0 Å². The maximum Gasteiger partial charge on any atom is 0.235 e. The van der Waals surface area contributed by atoms with E-state index in [1.165, 1.54) is 18.1 Å². The lowest BCUT2D eigenvalue weighted by atomic mass is 10.3. The number of hydrogen-bond acceptors (Lipinski definition) is 6. The van der Waals surface area contributed by atoms with Gasteiger partial charge in [-0.15, -0.1) is 0 Å². The summed E-state index contributed by atoms with van der Waals surface area (Å²) in [5.74, 6) is 0.173. The Balaban J connectivity index is 1.65. The Morgan fingerprint density at radius 2 is 2.09 bits per heavy atom. The number of nitrogens with zero attached hydrogens (tertiary/aromatic N) is 5. The van der Waals surface area contributed by atoms with Crippen molar-refractivity contribution >= 4 is 28.8 Å². The van der Waals surface area contributed by atoms with Crippen LogP contribution in [-0.4, -0.2) is 73.6 Å². The number of piperazine rings is 1. The van der Waals surface area contributed by atoms with E-state index < -0.39 is 0 Å². The van der Waals surface area contributed by atoms with Crippen molar-refractivity contribution in [2.75, 3.05) is 32.7 Å². The van der Waals surface area contributed by atoms with Crippen LogP contribution in [0.4, 0.5) is 0 Å². The summed E-state index contributed by atoms with van der Waals surface area (Å²) in [6, 6.07) is 0. The Labute approximate surface area is 133 Å². The quantitative estimate of drug-likeness (QED) is 0.669. The van der Waals surface area contributed by atoms with E-state index in [0.717, 1.165) is 43.3 Å². The summed E-state index contributed by atoms with van der Waals surface area (Å²) in [4.78, 5) is 32.4. The number of carbonyl (C=O) groups excluding carboxylic acids is 1. The van der Waals surface area contributed by atoms with Crippen LogP contribution in [0.25, 0.3) is 11.2 Å². The third kappa shape index (κ3) is 3.07. The molecule has 118 valence electrons. The molecule has 2 aromatic heterocycles. The highest BCUT2D eigenvalue weighted by atomic mass is 32.2. The van der Waals surface area contributed by atoms with Crippen molar-refractivity contribution in [1.29, 1.82) is 0 Å². The zero-order chi connectivity index (χ0) is 15.5. The molecule has 22 heavy (non-hydrogen) atoms. The van der Waals surface area contributed by atoms with Crippen molar-refractivity contribution in [1.82, 2.24) is 29.7 Å². The summed E-state index contributed by atoms with van der Waals surface area (Å²) in [6.07, 6.45) is 3.09. The first-order valence-electron chi connectivity index (χ1n) is 7.51. The number of aromatic nitrogens is 4. The number of fused-ring (bicyclic) bond motifs is 1. The molecule has 7 nitrogen and oxygen atoms in total. The Bertz CT molecular complexity index is 652. The summed E-state index contributed by atoms with van der Waals surface area (Å²) in [6.45, 7) is 8.66. The summed E-state index contributed by atoms with van der Waals surface area (Å²) >= 11 is 1.46. The number of likely N-dealkylation sites (N-methyl/N-ethyl adjacent to an activating group) is 1. The molecule has 8 heteroatoms. The standard InChI is InChI=1S/C14H20N6OS/c1-3-19-4-6-20(7-5-19)14(21)10(2)22-13-11-12(16-8-15-11)17-9-18-13/h8-10H,3-7H2,1-2H3,(H,15,16,17,18). The minimum absolute atomic E-state index is 0.172. The molecule has 1 amide bonds. The van der Waals surface area contributed by atoms with Crippen LogP contribution in [-0.2, 0) is 4.79 Å². The fourth-order valence-electron chi connectivity index (χ4n) is 2.59. The average Bonchev–Trinajstić information content (AvgIpc) is 3.04. The summed E-state index contributed by atoms with van der Waals surface area (Å²) in [5, 5.41) is 0.602. The molecule has 0 spiro atoms. The fraction of sp³-hybridized carbons (Fsp3) is 0.571. The van der Waals surface area contributed by atoms with Crippen LogP contribution in [0.2, 0.25) is 0 Å². The molecule has 0 bridgehead atoms. The van der Waals surface area contributed by atoms with Crippen LogP contribution >= 0.6 is 11.8 Å². The lowest BCUT2D eigenvalue weighted by Crippen LogP contribution is -2.50. The van der Waals surface area contributed by atoms with Crippen molar-refractivity contribution < 1.29 is 4.79 Å². The number of thioether (sulfide) groups is 1. The molecule has 1 aliphatic heterocycles. The number of amides is 1. The van der Waals surface area contributed by atoms with Crippen molar-refractivity contribution in [3.63, 3.8) is 0 Å². The zero-order valence-electron chi connectivity index (χ0n) is 12.8. The molecule has 3 rings (SSSR count). The molecular formula is C14H20N6OS. The summed E-state index contributed by atoms with van der Waals surface area (Å²) in [7, 11) is 0. The number of imidazole rings is 1. The number of nitrogens with one attached hydrogen (secondary N) is 1. The van der Waals surface area contributed by atoms with Crippen molar-refractivity contribution in [3.05, 3.63) is 12.7 Å². The average molecular weight is 320 g/mol. The minimum atomic E-state index is -0.172. The second-order valence-corrected chi connectivity index (χ2v) is 6.63. The number of rotatable bonds is 4. The first-order chi connectivity index (χ1) is 10.7. The van der Waals surface area contributed by atoms with Crippen LogP contribution in [0.5, 0.6) is 0 Å². The number of carbonyl (C=O) groups is 1. The molecule has 1 unspecified atom stereocenters. The second-order valence-electron chi connectivity index (χ2n) is 5.30. The van der Waals surface area contributed by atoms with E-state index in [-0.39, 0.29) is 11.2 Å². The highest BCUT2D eigenvalue weighted by molar-refractivity contribution is 8.00. The van der Waals surface area contributed by atoms with Crippen LogP contribution in [0.1, 0.15) is 13.8 Å². The Morgan fingerprint density at radius 3 is 2.82 bits per heavy atom. The maximum absolute atomic E-state index is 12.6. The molecule has 3 heterocycles. The van der Waals surface area contributed by atoms with Gasteiger partial charge in [0.2, 0.25) is 5.91 Å². The van der Waals surface area contributed by atoms with Crippen LogP contribution in [0, 0.1) is 0 Å². The van der Waals surface area contributed by atoms with Gasteiger partial charge in [-0.05, 0) is 13.5 Å². The highest BCUT2D eigenvalue weighted by Gasteiger charge is 2.26. The third-order valence-electron chi connectivity index (χ3n) is 3.96. The fourth-order valence-corrected chi connectivity index (χ4v) is 3.55. The predicted octanol–water partition coefficient (Wildman–Crippen LogP) is 0.998. The Hall–Kier alpha value is -1.67. The Morgan fingerprint density at radius 1 is 1.32 bits per heavy atom. The van der Waals surface area contributed by atoms with Gasteiger partial charge in [-0.3, -0.25) is 4.79 Å². The molecule has 1 N–H and O–H groups in total. The summed E-state index contributed by atoms with van der Waals surface area (Å²) in [5.41, 5.74) is 1.43. The van der Waals surface area contributed by atoms with Crippen molar-refractivity contribution in [2.24, 2.45) is 0 Å². The molecule has 0 aliphatic carbocycles. The largest absolute Gasteiger partial charge is 0.341 e. The lowest BCUT2D eigenvalue weighted by Gasteiger charge is -2.35. The van der Waals surface area contributed by atoms with Gasteiger partial charge in [-0.2, -0.15) is 0 Å². The second kappa shape index (κ2) is 6.62. The van der Waals surface area contributed by atoms with E-state index >= 15 is 0 Å². The molecule has 1 aliphatic rings. The highest BCUT2D eigenvalue weighted by Crippen LogP contribution is 2.27. The molecule has 1 saturated heterocycles. The van der Waals surface area contributed by atoms with Crippen molar-refractivity contribution in [3.8, 4) is 0 Å². The van der Waals surface area contributed by atoms with Gasteiger partial charge in [0.05, 0.1) is 11.6 Å². The molecule has 1 atom stereocenters. The van der Waals surface area contributed by atoms with Gasteiger partial charge < -0.3 is 14.8 Å². The van der Waals surface area contributed by atoms with Gasteiger partial charge in [-0.1, -0.05) is 18.7 Å². The zero-order valence-corrected chi connectivity index (χ0v) is 13.6. The minimum Gasteiger partial charge on any atom is -0.341 e. The van der Waals surface area contributed by atoms with E-state index in [2.05, 4.69) is 31.8 Å². The normalized spacial score (nSPS) is 17.8. The van der Waals surface area contributed by atoms with E-state index in [1.54, 1.807) is 6.33 Å². The number of hydrogen-bond donors (Lipinski definition) is 1. The first-order valence-corrected chi connectivity index (χ1v) is 8.39. The molecule has 0 saturated carbocycles. The van der Waals surface area contributed by atoms with Crippen molar-refractivity contribution in [2.45, 2.75) is 24.1 Å². The number of H-pyrrole nitrogens is 1. The first kappa shape index (κ1) is 15.2. The molecule has 2 aromatic rings. The number of aromatic amines is 1. The maximum atomic E-state index is 12.6. The van der Waals surface area contributed by atoms with Crippen LogP contribution in [0.15, 0.2) is 17.7 Å². The smallest absolute Gasteiger partial charge is 0.235 e. The molecular weight excluding hydrogens is 300 g/mol. The van der Waals surface area contributed by atoms with Crippen LogP contribution in [0.3, 0.4) is 0 Å². The lowest BCUT2D eigenvalue weighted by molar-refractivity contribution is -0.132. The van der Waals surface area contributed by atoms with Gasteiger partial charge >= 0.3 is 0 Å². The van der Waals surface area contributed by atoms with E-state index in [0.29, 0.717) is 5.65 Å². The van der Waals surface area contributed by atoms with Gasteiger partial charge in [0, 0.05) is 26.2 Å². The monoisotopic (exact) mass is 320 g/mol. The topological polar surface area (TPSA) is 78.0 Å². The van der Waals surface area contributed by atoms with Gasteiger partial charge in [-0.25, -0.2) is 15.0 Å². The summed E-state index contributed by atoms with van der Waals surface area (Å²) < 4.78 is 0. The van der Waals surface area contributed by atoms with Crippen LogP contribution < -0.4 is 0 Å². The van der Waals surface area contributed by atoms with Gasteiger partial charge in [0.15, 0.2) is 5.65 Å². The molecule has 0 radical (unpaired) electrons. The third-order valence-corrected chi connectivity index (χ3v) is 5.04. The Kier molecular flexibility index (Phi) is 4.58. The molecule has 1 fully saturated rings. The van der Waals surface area contributed by atoms with E-state index in [1.807, 2.05) is 11.8 Å². The predicted molar refractivity (Wildman–Crippen MR) is 85.7 cm³/mol. The van der Waals surface area contributed by atoms with Gasteiger partial charge in [0.1, 0.15) is 16.9 Å².